The highest BCUT2D eigenvalue weighted by atomic mass is 16.5. The van der Waals surface area contributed by atoms with Crippen LogP contribution in [0.25, 0.3) is 0 Å². The predicted molar refractivity (Wildman–Crippen MR) is 116 cm³/mol. The zero-order valence-electron chi connectivity index (χ0n) is 18.6. The van der Waals surface area contributed by atoms with Crippen molar-refractivity contribution in [3.8, 4) is 5.75 Å². The first-order valence-corrected chi connectivity index (χ1v) is 10.1. The van der Waals surface area contributed by atoms with Crippen LogP contribution in [-0.4, -0.2) is 36.0 Å². The quantitative estimate of drug-likeness (QED) is 0.581. The minimum atomic E-state index is -1.09. The van der Waals surface area contributed by atoms with Crippen molar-refractivity contribution >= 4 is 17.8 Å². The van der Waals surface area contributed by atoms with E-state index in [-0.39, 0.29) is 30.6 Å². The Hall–Kier alpha value is -3.15. The number of nitrogens with one attached hydrogen (secondary N) is 1. The molecule has 2 atom stereocenters. The van der Waals surface area contributed by atoms with E-state index in [9.17, 15) is 9.90 Å². The van der Waals surface area contributed by atoms with E-state index >= 15 is 0 Å². The number of ether oxygens (including phenoxy) is 2. The van der Waals surface area contributed by atoms with Crippen LogP contribution in [-0.2, 0) is 19.1 Å². The molecule has 0 radical (unpaired) electrons. The van der Waals surface area contributed by atoms with Gasteiger partial charge in [-0.1, -0.05) is 44.2 Å². The van der Waals surface area contributed by atoms with E-state index in [1.165, 1.54) is 0 Å². The average Bonchev–Trinajstić information content (AvgIpc) is 2.74. The number of methoxy groups -OCH3 is 1. The number of esters is 1. The van der Waals surface area contributed by atoms with Gasteiger partial charge >= 0.3 is 12.1 Å². The van der Waals surface area contributed by atoms with E-state index in [4.69, 9.17) is 19.1 Å². The molecule has 0 aliphatic heterocycles. The number of hydrogen-bond donors (Lipinski definition) is 2. The van der Waals surface area contributed by atoms with Crippen molar-refractivity contribution in [2.45, 2.75) is 51.9 Å². The predicted octanol–water partition coefficient (Wildman–Crippen LogP) is 3.99. The van der Waals surface area contributed by atoms with Crippen LogP contribution in [0.5, 0.6) is 5.75 Å². The summed E-state index contributed by atoms with van der Waals surface area (Å²) < 4.78 is 10.8. The van der Waals surface area contributed by atoms with Crippen LogP contribution in [0, 0.1) is 5.92 Å². The fourth-order valence-corrected chi connectivity index (χ4v) is 3.15. The SMILES string of the molecule is COc1ccc(NC(C[C@@H](O)c2ccccc2)(C(=O)OC(C)C)C(C)C)cc1.O=C=O. The molecule has 2 aromatic carbocycles. The molecule has 0 spiro atoms. The summed E-state index contributed by atoms with van der Waals surface area (Å²) in [6, 6.07) is 16.7. The lowest BCUT2D eigenvalue weighted by Gasteiger charge is -2.39. The van der Waals surface area contributed by atoms with E-state index < -0.39 is 11.6 Å². The van der Waals surface area contributed by atoms with Gasteiger partial charge in [-0.3, -0.25) is 0 Å². The molecule has 0 fully saturated rings. The normalized spacial score (nSPS) is 13.3. The Bertz CT molecular complexity index is 829. The van der Waals surface area contributed by atoms with Gasteiger partial charge in [0.2, 0.25) is 0 Å². The van der Waals surface area contributed by atoms with Crippen molar-refractivity contribution in [2.24, 2.45) is 5.92 Å². The third-order valence-electron chi connectivity index (χ3n) is 4.85. The Morgan fingerprint density at radius 1 is 1.03 bits per heavy atom. The van der Waals surface area contributed by atoms with Crippen molar-refractivity contribution in [1.82, 2.24) is 0 Å². The van der Waals surface area contributed by atoms with E-state index in [0.29, 0.717) is 0 Å². The largest absolute Gasteiger partial charge is 0.497 e. The molecule has 2 aromatic rings. The molecule has 0 aromatic heterocycles. The van der Waals surface area contributed by atoms with Crippen molar-refractivity contribution in [3.63, 3.8) is 0 Å². The number of carbonyl (C=O) groups excluding carboxylic acids is 3. The van der Waals surface area contributed by atoms with Gasteiger partial charge in [0.25, 0.3) is 0 Å². The molecule has 7 heteroatoms. The molecular weight excluding hydrogens is 398 g/mol. The molecule has 2 N–H and O–H groups in total. The Labute approximate surface area is 183 Å². The standard InChI is InChI=1S/C23H31NO4.CO2/c1-16(2)23(22(26)28-17(3)4,15-21(25)18-9-7-6-8-10-18)24-19-11-13-20(27-5)14-12-19;2-1-3/h6-14,16-17,21,24-25H,15H2,1-5H3;/t21-,23?;/m1./s1. The number of rotatable bonds is 9. The molecule has 0 aliphatic carbocycles. The fourth-order valence-electron chi connectivity index (χ4n) is 3.15. The summed E-state index contributed by atoms with van der Waals surface area (Å²) in [5.74, 6) is 0.234. The first kappa shape index (κ1) is 25.9. The second-order valence-electron chi connectivity index (χ2n) is 7.65. The van der Waals surface area contributed by atoms with Gasteiger partial charge in [0.15, 0.2) is 0 Å². The van der Waals surface area contributed by atoms with Crippen LogP contribution in [0.3, 0.4) is 0 Å². The van der Waals surface area contributed by atoms with Crippen LogP contribution in [0.15, 0.2) is 54.6 Å². The number of carbonyl (C=O) groups is 1. The summed E-state index contributed by atoms with van der Waals surface area (Å²) >= 11 is 0. The number of aliphatic hydroxyl groups excluding tert-OH is 1. The minimum absolute atomic E-state index is 0.126. The fraction of sp³-hybridized carbons (Fsp3) is 0.417. The van der Waals surface area contributed by atoms with Gasteiger partial charge in [0, 0.05) is 12.1 Å². The molecule has 7 nitrogen and oxygen atoms in total. The lowest BCUT2D eigenvalue weighted by molar-refractivity contribution is -0.191. The molecule has 0 bridgehead atoms. The molecule has 2 rings (SSSR count). The smallest absolute Gasteiger partial charge is 0.373 e. The zero-order valence-corrected chi connectivity index (χ0v) is 18.6. The summed E-state index contributed by atoms with van der Waals surface area (Å²) in [5.41, 5.74) is 0.436. The monoisotopic (exact) mass is 429 g/mol. The molecule has 31 heavy (non-hydrogen) atoms. The summed E-state index contributed by atoms with van der Waals surface area (Å²) in [4.78, 5) is 29.4. The summed E-state index contributed by atoms with van der Waals surface area (Å²) in [5, 5.41) is 14.2. The molecule has 168 valence electrons. The second-order valence-corrected chi connectivity index (χ2v) is 7.65. The van der Waals surface area contributed by atoms with Gasteiger partial charge in [-0.05, 0) is 49.6 Å². The topological polar surface area (TPSA) is 102 Å². The molecule has 0 amide bonds. The van der Waals surface area contributed by atoms with Crippen molar-refractivity contribution < 1.29 is 29.0 Å². The van der Waals surface area contributed by atoms with Gasteiger partial charge in [0.1, 0.15) is 11.3 Å². The van der Waals surface area contributed by atoms with Crippen molar-refractivity contribution in [3.05, 3.63) is 60.2 Å². The van der Waals surface area contributed by atoms with Crippen molar-refractivity contribution in [1.29, 1.82) is 0 Å². The van der Waals surface area contributed by atoms with Crippen LogP contribution in [0.2, 0.25) is 0 Å². The lowest BCUT2D eigenvalue weighted by atomic mass is 9.79. The Balaban J connectivity index is 0.00000151. The van der Waals surface area contributed by atoms with E-state index in [0.717, 1.165) is 17.0 Å². The van der Waals surface area contributed by atoms with Gasteiger partial charge in [-0.25, -0.2) is 4.79 Å². The lowest BCUT2D eigenvalue weighted by Crippen LogP contribution is -2.53. The maximum atomic E-state index is 13.2. The molecule has 0 aliphatic rings. The highest BCUT2D eigenvalue weighted by molar-refractivity contribution is 5.85. The molecule has 0 heterocycles. The van der Waals surface area contributed by atoms with Gasteiger partial charge in [0.05, 0.1) is 19.3 Å². The summed E-state index contributed by atoms with van der Waals surface area (Å²) in [7, 11) is 1.61. The van der Waals surface area contributed by atoms with E-state index in [1.54, 1.807) is 7.11 Å². The second kappa shape index (κ2) is 12.5. The average molecular weight is 430 g/mol. The van der Waals surface area contributed by atoms with Crippen LogP contribution in [0.1, 0.15) is 45.8 Å². The van der Waals surface area contributed by atoms with E-state index in [1.807, 2.05) is 82.3 Å². The molecule has 1 unspecified atom stereocenters. The highest BCUT2D eigenvalue weighted by Crippen LogP contribution is 2.35. The highest BCUT2D eigenvalue weighted by Gasteiger charge is 2.45. The van der Waals surface area contributed by atoms with E-state index in [2.05, 4.69) is 5.32 Å². The van der Waals surface area contributed by atoms with Gasteiger partial charge in [-0.15, -0.1) is 0 Å². The van der Waals surface area contributed by atoms with Gasteiger partial charge in [-0.2, -0.15) is 9.59 Å². The maximum absolute atomic E-state index is 13.2. The summed E-state index contributed by atoms with van der Waals surface area (Å²) in [6.07, 6.45) is -0.627. The molecule has 0 saturated heterocycles. The number of anilines is 1. The molecule has 0 saturated carbocycles. The molecular formula is C24H31NO6. The third-order valence-corrected chi connectivity index (χ3v) is 4.85. The summed E-state index contributed by atoms with van der Waals surface area (Å²) in [6.45, 7) is 7.56. The Kier molecular flexibility index (Phi) is 10.5. The van der Waals surface area contributed by atoms with Crippen LogP contribution < -0.4 is 10.1 Å². The number of hydrogen-bond acceptors (Lipinski definition) is 7. The minimum Gasteiger partial charge on any atom is -0.497 e. The first-order valence-electron chi connectivity index (χ1n) is 10.1. The first-order chi connectivity index (χ1) is 14.7. The third kappa shape index (κ3) is 7.55. The number of aliphatic hydroxyl groups is 1. The number of benzene rings is 2. The maximum Gasteiger partial charge on any atom is 0.373 e. The van der Waals surface area contributed by atoms with Crippen molar-refractivity contribution in [2.75, 3.05) is 12.4 Å². The van der Waals surface area contributed by atoms with Crippen LogP contribution >= 0.6 is 0 Å². The Morgan fingerprint density at radius 3 is 2.03 bits per heavy atom. The van der Waals surface area contributed by atoms with Crippen LogP contribution in [0.4, 0.5) is 5.69 Å². The Morgan fingerprint density at radius 2 is 1.58 bits per heavy atom. The van der Waals surface area contributed by atoms with Gasteiger partial charge < -0.3 is 19.9 Å². The zero-order chi connectivity index (χ0) is 23.4.